The minimum Gasteiger partial charge on any atom is -0.457 e. The molecule has 0 saturated carbocycles. The molecule has 1 saturated heterocycles. The summed E-state index contributed by atoms with van der Waals surface area (Å²) in [6.07, 6.45) is 8.73. The molecule has 0 aliphatic carbocycles. The number of benzene rings is 3. The first-order valence-corrected chi connectivity index (χ1v) is 14.4. The standard InChI is InChI=1S/C35H34FN5O2/c1-3-31(42)40-21-19-28(20-22-40)41-34-26(12-9-24-10-15-27(36)16-11-24)23-38-35(37)32(34)33(39(41)2)25-13-17-30(18-14-25)43-29-7-5-4-6-8-29/h3-18,23,28,33H,1,19-22H2,2H3,(H2,37,38)/b12-9+. The third-order valence-electron chi connectivity index (χ3n) is 8.16. The zero-order valence-corrected chi connectivity index (χ0v) is 24.1. The minimum atomic E-state index is -0.274. The van der Waals surface area contributed by atoms with E-state index < -0.39 is 0 Å². The van der Waals surface area contributed by atoms with Crippen molar-refractivity contribution in [2.24, 2.45) is 0 Å². The van der Waals surface area contributed by atoms with Crippen LogP contribution in [0.5, 0.6) is 11.5 Å². The normalized spacial score (nSPS) is 17.3. The number of rotatable bonds is 7. The van der Waals surface area contributed by atoms with Crippen LogP contribution in [0.3, 0.4) is 0 Å². The molecule has 3 heterocycles. The molecule has 1 amide bonds. The lowest BCUT2D eigenvalue weighted by Crippen LogP contribution is -2.51. The van der Waals surface area contributed by atoms with E-state index in [1.807, 2.05) is 59.5 Å². The number of nitrogens with zero attached hydrogens (tertiary/aromatic N) is 4. The Morgan fingerprint density at radius 3 is 2.33 bits per heavy atom. The van der Waals surface area contributed by atoms with Gasteiger partial charge in [-0.2, -0.15) is 0 Å². The highest BCUT2D eigenvalue weighted by atomic mass is 19.1. The van der Waals surface area contributed by atoms with Gasteiger partial charge >= 0.3 is 0 Å². The van der Waals surface area contributed by atoms with Gasteiger partial charge in [0, 0.05) is 43.5 Å². The van der Waals surface area contributed by atoms with Crippen LogP contribution in [0.1, 0.15) is 41.1 Å². The molecule has 8 heteroatoms. The molecule has 1 aromatic heterocycles. The first-order valence-electron chi connectivity index (χ1n) is 14.4. The van der Waals surface area contributed by atoms with Crippen molar-refractivity contribution in [2.45, 2.75) is 24.9 Å². The predicted molar refractivity (Wildman–Crippen MR) is 169 cm³/mol. The summed E-state index contributed by atoms with van der Waals surface area (Å²) in [5, 5.41) is 4.56. The molecule has 43 heavy (non-hydrogen) atoms. The molecular formula is C35H34FN5O2. The van der Waals surface area contributed by atoms with Gasteiger partial charge in [-0.1, -0.05) is 61.2 Å². The first kappa shape index (κ1) is 28.2. The number of carbonyl (C=O) groups excluding carboxylic acids is 1. The number of hydrazine groups is 1. The van der Waals surface area contributed by atoms with Crippen molar-refractivity contribution in [3.05, 3.63) is 126 Å². The van der Waals surface area contributed by atoms with Crippen molar-refractivity contribution in [3.8, 4) is 11.5 Å². The summed E-state index contributed by atoms with van der Waals surface area (Å²) in [6.45, 7) is 4.94. The fraction of sp³-hybridized carbons (Fsp3) is 0.200. The van der Waals surface area contributed by atoms with Gasteiger partial charge in [-0.05, 0) is 66.4 Å². The van der Waals surface area contributed by atoms with Crippen LogP contribution in [0.15, 0.2) is 97.7 Å². The van der Waals surface area contributed by atoms with Gasteiger partial charge in [-0.25, -0.2) is 14.4 Å². The number of aromatic nitrogens is 1. The zero-order valence-electron chi connectivity index (χ0n) is 24.1. The third-order valence-corrected chi connectivity index (χ3v) is 8.16. The molecule has 0 bridgehead atoms. The molecule has 1 fully saturated rings. The van der Waals surface area contributed by atoms with Crippen LogP contribution in [0.25, 0.3) is 12.2 Å². The number of anilines is 2. The highest BCUT2D eigenvalue weighted by Crippen LogP contribution is 2.49. The van der Waals surface area contributed by atoms with E-state index >= 15 is 0 Å². The second-order valence-electron chi connectivity index (χ2n) is 10.8. The Balaban J connectivity index is 1.37. The zero-order chi connectivity index (χ0) is 29.9. The second-order valence-corrected chi connectivity index (χ2v) is 10.8. The highest BCUT2D eigenvalue weighted by molar-refractivity contribution is 5.87. The summed E-state index contributed by atoms with van der Waals surface area (Å²) in [6, 6.07) is 24.1. The average Bonchev–Trinajstić information content (AvgIpc) is 3.35. The van der Waals surface area contributed by atoms with E-state index in [0.29, 0.717) is 18.9 Å². The van der Waals surface area contributed by atoms with Crippen molar-refractivity contribution in [2.75, 3.05) is 30.9 Å². The number of nitrogens with two attached hydrogens (primary N) is 1. The van der Waals surface area contributed by atoms with Gasteiger partial charge in [0.2, 0.25) is 5.91 Å². The van der Waals surface area contributed by atoms with E-state index in [1.54, 1.807) is 18.3 Å². The number of piperidine rings is 1. The molecular weight excluding hydrogens is 541 g/mol. The van der Waals surface area contributed by atoms with E-state index in [9.17, 15) is 9.18 Å². The lowest BCUT2D eigenvalue weighted by atomic mass is 9.96. The number of para-hydroxylation sites is 1. The molecule has 3 aromatic carbocycles. The van der Waals surface area contributed by atoms with Crippen LogP contribution in [-0.4, -0.2) is 47.0 Å². The molecule has 1 unspecified atom stereocenters. The average molecular weight is 576 g/mol. The number of hydrogen-bond donors (Lipinski definition) is 1. The Labute approximate surface area is 251 Å². The van der Waals surface area contributed by atoms with Crippen LogP contribution in [0.4, 0.5) is 15.9 Å². The lowest BCUT2D eigenvalue weighted by molar-refractivity contribution is -0.127. The van der Waals surface area contributed by atoms with Crippen molar-refractivity contribution in [3.63, 3.8) is 0 Å². The highest BCUT2D eigenvalue weighted by Gasteiger charge is 2.42. The number of pyridine rings is 1. The Bertz CT molecular complexity index is 1630. The number of nitrogen functional groups attached to an aromatic ring is 1. The van der Waals surface area contributed by atoms with E-state index in [2.05, 4.69) is 40.8 Å². The third kappa shape index (κ3) is 5.74. The van der Waals surface area contributed by atoms with Crippen LogP contribution >= 0.6 is 0 Å². The number of hydrogen-bond acceptors (Lipinski definition) is 6. The molecule has 4 aromatic rings. The number of halogens is 1. The molecule has 0 radical (unpaired) electrons. The number of likely N-dealkylation sites (tertiary alicyclic amines) is 1. The van der Waals surface area contributed by atoms with Gasteiger partial charge in [0.15, 0.2) is 0 Å². The van der Waals surface area contributed by atoms with E-state index in [-0.39, 0.29) is 23.8 Å². The lowest BCUT2D eigenvalue weighted by Gasteiger charge is -2.42. The van der Waals surface area contributed by atoms with Gasteiger partial charge in [-0.15, -0.1) is 0 Å². The number of fused-ring (bicyclic) bond motifs is 1. The smallest absolute Gasteiger partial charge is 0.245 e. The maximum absolute atomic E-state index is 13.5. The van der Waals surface area contributed by atoms with Crippen LogP contribution in [0.2, 0.25) is 0 Å². The summed E-state index contributed by atoms with van der Waals surface area (Å²) in [5.41, 5.74) is 11.4. The quantitative estimate of drug-likeness (QED) is 0.247. The van der Waals surface area contributed by atoms with Crippen LogP contribution < -0.4 is 15.5 Å². The topological polar surface area (TPSA) is 74.9 Å². The fourth-order valence-corrected chi connectivity index (χ4v) is 6.05. The Morgan fingerprint density at radius 2 is 1.65 bits per heavy atom. The van der Waals surface area contributed by atoms with Crippen molar-refractivity contribution in [1.82, 2.24) is 14.9 Å². The maximum Gasteiger partial charge on any atom is 0.245 e. The molecule has 2 aliphatic heterocycles. The Kier molecular flexibility index (Phi) is 7.94. The summed E-state index contributed by atoms with van der Waals surface area (Å²) in [7, 11) is 2.08. The van der Waals surface area contributed by atoms with Crippen molar-refractivity contribution in [1.29, 1.82) is 0 Å². The molecule has 0 spiro atoms. The number of ether oxygens (including phenoxy) is 1. The van der Waals surface area contributed by atoms with Gasteiger partial charge < -0.3 is 20.4 Å². The first-order chi connectivity index (χ1) is 20.9. The molecule has 1 atom stereocenters. The minimum absolute atomic E-state index is 0.0410. The summed E-state index contributed by atoms with van der Waals surface area (Å²) in [5.74, 6) is 1.67. The monoisotopic (exact) mass is 575 g/mol. The largest absolute Gasteiger partial charge is 0.457 e. The summed E-state index contributed by atoms with van der Waals surface area (Å²) in [4.78, 5) is 18.8. The molecule has 6 rings (SSSR count). The van der Waals surface area contributed by atoms with Gasteiger partial charge in [-0.3, -0.25) is 4.79 Å². The number of amides is 1. The van der Waals surface area contributed by atoms with Crippen LogP contribution in [-0.2, 0) is 4.79 Å². The SMILES string of the molecule is C=CC(=O)N1CCC(N2c3c(/C=C/c4ccc(F)cc4)cnc(N)c3C(c3ccc(Oc4ccccc4)cc3)N2C)CC1. The second kappa shape index (κ2) is 12.1. The van der Waals surface area contributed by atoms with E-state index in [4.69, 9.17) is 10.5 Å². The van der Waals surface area contributed by atoms with Gasteiger partial charge in [0.1, 0.15) is 23.1 Å². The molecule has 2 aliphatic rings. The van der Waals surface area contributed by atoms with E-state index in [1.165, 1.54) is 18.2 Å². The van der Waals surface area contributed by atoms with Crippen LogP contribution in [0, 0.1) is 5.82 Å². The Hall–Kier alpha value is -4.95. The maximum atomic E-state index is 13.5. The molecule has 7 nitrogen and oxygen atoms in total. The van der Waals surface area contributed by atoms with Crippen molar-refractivity contribution < 1.29 is 13.9 Å². The van der Waals surface area contributed by atoms with Crippen molar-refractivity contribution >= 4 is 29.6 Å². The Morgan fingerprint density at radius 1 is 0.977 bits per heavy atom. The van der Waals surface area contributed by atoms with Gasteiger partial charge in [0.05, 0.1) is 11.7 Å². The number of carbonyl (C=O) groups is 1. The summed E-state index contributed by atoms with van der Waals surface area (Å²) < 4.78 is 19.6. The summed E-state index contributed by atoms with van der Waals surface area (Å²) >= 11 is 0. The van der Waals surface area contributed by atoms with E-state index in [0.717, 1.165) is 52.3 Å². The fourth-order valence-electron chi connectivity index (χ4n) is 6.05. The van der Waals surface area contributed by atoms with Gasteiger partial charge in [0.25, 0.3) is 0 Å². The predicted octanol–water partition coefficient (Wildman–Crippen LogP) is 6.70. The molecule has 218 valence electrons. The molecule has 2 N–H and O–H groups in total.